The van der Waals surface area contributed by atoms with E-state index in [9.17, 15) is 9.90 Å². The lowest BCUT2D eigenvalue weighted by atomic mass is 10.2. The second kappa shape index (κ2) is 4.25. The summed E-state index contributed by atoms with van der Waals surface area (Å²) >= 11 is 0. The SMILES string of the molecule is C[C@H]1O[C@@H](N/C=C\C(N)=O)CC1O. The number of aliphatic hydroxyl groups is 1. The van der Waals surface area contributed by atoms with E-state index in [0.717, 1.165) is 0 Å². The van der Waals surface area contributed by atoms with Gasteiger partial charge in [0.05, 0.1) is 12.2 Å². The highest BCUT2D eigenvalue weighted by Gasteiger charge is 2.29. The molecular weight excluding hydrogens is 172 g/mol. The van der Waals surface area contributed by atoms with Gasteiger partial charge in [0, 0.05) is 18.7 Å². The van der Waals surface area contributed by atoms with Gasteiger partial charge in [-0.3, -0.25) is 4.79 Å². The lowest BCUT2D eigenvalue weighted by Gasteiger charge is -2.09. The Morgan fingerprint density at radius 1 is 1.77 bits per heavy atom. The summed E-state index contributed by atoms with van der Waals surface area (Å²) in [6.45, 7) is 1.80. The number of carbonyl (C=O) groups excluding carboxylic acids is 1. The third kappa shape index (κ3) is 3.04. The van der Waals surface area contributed by atoms with Gasteiger partial charge in [-0.2, -0.15) is 0 Å². The third-order valence-corrected chi connectivity index (χ3v) is 1.91. The van der Waals surface area contributed by atoms with E-state index in [1.807, 2.05) is 0 Å². The summed E-state index contributed by atoms with van der Waals surface area (Å²) in [5, 5.41) is 12.1. The molecule has 4 N–H and O–H groups in total. The fourth-order valence-electron chi connectivity index (χ4n) is 1.16. The smallest absolute Gasteiger partial charge is 0.242 e. The number of nitrogens with two attached hydrogens (primary N) is 1. The molecule has 13 heavy (non-hydrogen) atoms. The highest BCUT2D eigenvalue weighted by Crippen LogP contribution is 2.17. The number of nitrogens with one attached hydrogen (secondary N) is 1. The van der Waals surface area contributed by atoms with Crippen LogP contribution in [0.3, 0.4) is 0 Å². The summed E-state index contributed by atoms with van der Waals surface area (Å²) in [7, 11) is 0. The predicted molar refractivity (Wildman–Crippen MR) is 46.4 cm³/mol. The maximum atomic E-state index is 10.3. The number of primary amides is 1. The molecule has 1 unspecified atom stereocenters. The molecule has 1 aliphatic rings. The highest BCUT2D eigenvalue weighted by atomic mass is 16.5. The Kier molecular flexibility index (Phi) is 3.27. The van der Waals surface area contributed by atoms with Gasteiger partial charge in [0.2, 0.25) is 5.91 Å². The monoisotopic (exact) mass is 186 g/mol. The molecule has 1 heterocycles. The van der Waals surface area contributed by atoms with Crippen LogP contribution in [0.2, 0.25) is 0 Å². The van der Waals surface area contributed by atoms with Crippen LogP contribution in [-0.4, -0.2) is 29.4 Å². The van der Waals surface area contributed by atoms with Crippen LogP contribution in [0.4, 0.5) is 0 Å². The molecule has 0 aromatic carbocycles. The first-order valence-corrected chi connectivity index (χ1v) is 4.15. The van der Waals surface area contributed by atoms with E-state index in [-0.39, 0.29) is 12.3 Å². The molecule has 3 atom stereocenters. The first-order chi connectivity index (χ1) is 6.09. The zero-order chi connectivity index (χ0) is 9.84. The van der Waals surface area contributed by atoms with E-state index in [0.29, 0.717) is 6.42 Å². The summed E-state index contributed by atoms with van der Waals surface area (Å²) in [6, 6.07) is 0. The fraction of sp³-hybridized carbons (Fsp3) is 0.625. The molecule has 0 aliphatic carbocycles. The summed E-state index contributed by atoms with van der Waals surface area (Å²) in [5.74, 6) is -0.515. The Labute approximate surface area is 76.6 Å². The first-order valence-electron chi connectivity index (χ1n) is 4.15. The van der Waals surface area contributed by atoms with Gasteiger partial charge in [0.25, 0.3) is 0 Å². The van der Waals surface area contributed by atoms with Gasteiger partial charge in [-0.05, 0) is 6.92 Å². The molecule has 0 aromatic rings. The Morgan fingerprint density at radius 3 is 2.92 bits per heavy atom. The normalized spacial score (nSPS) is 33.8. The molecule has 1 fully saturated rings. The molecule has 5 nitrogen and oxygen atoms in total. The van der Waals surface area contributed by atoms with E-state index in [1.54, 1.807) is 6.92 Å². The molecule has 74 valence electrons. The molecule has 0 bridgehead atoms. The van der Waals surface area contributed by atoms with Crippen molar-refractivity contribution >= 4 is 5.91 Å². The lowest BCUT2D eigenvalue weighted by molar-refractivity contribution is -0.113. The van der Waals surface area contributed by atoms with E-state index in [1.165, 1.54) is 12.3 Å². The topological polar surface area (TPSA) is 84.6 Å². The minimum Gasteiger partial charge on any atom is -0.390 e. The lowest BCUT2D eigenvalue weighted by Crippen LogP contribution is -2.24. The average molecular weight is 186 g/mol. The van der Waals surface area contributed by atoms with Crippen molar-refractivity contribution in [3.05, 3.63) is 12.3 Å². The quantitative estimate of drug-likeness (QED) is 0.497. The molecule has 0 spiro atoms. The molecular formula is C8H14N2O3. The van der Waals surface area contributed by atoms with Crippen molar-refractivity contribution in [2.45, 2.75) is 31.8 Å². The number of carbonyl (C=O) groups is 1. The molecule has 1 rings (SSSR count). The number of hydrogen-bond donors (Lipinski definition) is 3. The van der Waals surface area contributed by atoms with E-state index in [4.69, 9.17) is 10.5 Å². The zero-order valence-corrected chi connectivity index (χ0v) is 7.43. The summed E-state index contributed by atoms with van der Waals surface area (Å²) < 4.78 is 5.29. The maximum Gasteiger partial charge on any atom is 0.242 e. The third-order valence-electron chi connectivity index (χ3n) is 1.91. The minimum absolute atomic E-state index is 0.167. The first kappa shape index (κ1) is 10.0. The van der Waals surface area contributed by atoms with E-state index in [2.05, 4.69) is 5.32 Å². The Balaban J connectivity index is 2.28. The van der Waals surface area contributed by atoms with Crippen LogP contribution in [0.5, 0.6) is 0 Å². The van der Waals surface area contributed by atoms with Crippen molar-refractivity contribution in [1.29, 1.82) is 0 Å². The van der Waals surface area contributed by atoms with E-state index >= 15 is 0 Å². The standard InChI is InChI=1S/C8H14N2O3/c1-5-6(11)4-8(13-5)10-3-2-7(9)12/h2-3,5-6,8,10-11H,4H2,1H3,(H2,9,12)/b3-2-/t5-,6?,8-/m1/s1. The Bertz CT molecular complexity index is 207. The van der Waals surface area contributed by atoms with Gasteiger partial charge in [-0.15, -0.1) is 0 Å². The highest BCUT2D eigenvalue weighted by molar-refractivity contribution is 5.85. The molecule has 1 amide bonds. The van der Waals surface area contributed by atoms with Crippen LogP contribution in [0, 0.1) is 0 Å². The number of hydrogen-bond acceptors (Lipinski definition) is 4. The second-order valence-electron chi connectivity index (χ2n) is 3.04. The molecule has 5 heteroatoms. The summed E-state index contributed by atoms with van der Waals surface area (Å²) in [4.78, 5) is 10.3. The molecule has 1 saturated heterocycles. The van der Waals surface area contributed by atoms with Crippen molar-refractivity contribution in [3.8, 4) is 0 Å². The van der Waals surface area contributed by atoms with Crippen molar-refractivity contribution in [2.75, 3.05) is 0 Å². The number of rotatable bonds is 3. The van der Waals surface area contributed by atoms with Crippen molar-refractivity contribution in [3.63, 3.8) is 0 Å². The van der Waals surface area contributed by atoms with Gasteiger partial charge < -0.3 is 20.9 Å². The Hall–Kier alpha value is -1.07. The largest absolute Gasteiger partial charge is 0.390 e. The molecule has 0 saturated carbocycles. The molecule has 0 radical (unpaired) electrons. The molecule has 0 aromatic heterocycles. The van der Waals surface area contributed by atoms with Crippen LogP contribution >= 0.6 is 0 Å². The van der Waals surface area contributed by atoms with Gasteiger partial charge in [-0.1, -0.05) is 0 Å². The van der Waals surface area contributed by atoms with Gasteiger partial charge >= 0.3 is 0 Å². The average Bonchev–Trinajstić information content (AvgIpc) is 2.30. The summed E-state index contributed by atoms with van der Waals surface area (Å²) in [6.07, 6.45) is 2.31. The van der Waals surface area contributed by atoms with Crippen LogP contribution in [0.1, 0.15) is 13.3 Å². The number of aliphatic hydroxyl groups excluding tert-OH is 1. The van der Waals surface area contributed by atoms with Crippen molar-refractivity contribution < 1.29 is 14.6 Å². The van der Waals surface area contributed by atoms with Crippen LogP contribution < -0.4 is 11.1 Å². The molecule has 1 aliphatic heterocycles. The van der Waals surface area contributed by atoms with Gasteiger partial charge in [0.1, 0.15) is 6.23 Å². The van der Waals surface area contributed by atoms with Crippen LogP contribution in [0.25, 0.3) is 0 Å². The Morgan fingerprint density at radius 2 is 2.46 bits per heavy atom. The van der Waals surface area contributed by atoms with Crippen LogP contribution in [0.15, 0.2) is 12.3 Å². The van der Waals surface area contributed by atoms with Gasteiger partial charge in [-0.25, -0.2) is 0 Å². The van der Waals surface area contributed by atoms with Crippen molar-refractivity contribution in [2.24, 2.45) is 5.73 Å². The zero-order valence-electron chi connectivity index (χ0n) is 7.43. The number of ether oxygens (including phenoxy) is 1. The maximum absolute atomic E-state index is 10.3. The number of amides is 1. The van der Waals surface area contributed by atoms with Crippen LogP contribution in [-0.2, 0) is 9.53 Å². The minimum atomic E-state index is -0.515. The second-order valence-corrected chi connectivity index (χ2v) is 3.04. The predicted octanol–water partition coefficient (Wildman–Crippen LogP) is -0.929. The van der Waals surface area contributed by atoms with Crippen molar-refractivity contribution in [1.82, 2.24) is 5.32 Å². The van der Waals surface area contributed by atoms with Gasteiger partial charge in [0.15, 0.2) is 0 Å². The fourth-order valence-corrected chi connectivity index (χ4v) is 1.16. The van der Waals surface area contributed by atoms with E-state index < -0.39 is 12.0 Å². The summed E-state index contributed by atoms with van der Waals surface area (Å²) in [5.41, 5.74) is 4.88.